The Morgan fingerprint density at radius 3 is 2.87 bits per heavy atom. The maximum atomic E-state index is 11.9. The third kappa shape index (κ3) is 1.21. The van der Waals surface area contributed by atoms with Gasteiger partial charge >= 0.3 is 0 Å². The fourth-order valence-electron chi connectivity index (χ4n) is 2.67. The molecule has 15 heavy (non-hydrogen) atoms. The third-order valence-corrected chi connectivity index (χ3v) is 3.41. The highest BCUT2D eigenvalue weighted by Gasteiger charge is 2.45. The van der Waals surface area contributed by atoms with Gasteiger partial charge in [-0.05, 0) is 31.4 Å². The van der Waals surface area contributed by atoms with Crippen molar-refractivity contribution in [1.29, 1.82) is 0 Å². The average molecular weight is 203 g/mol. The summed E-state index contributed by atoms with van der Waals surface area (Å²) in [7, 11) is 0. The molecule has 3 rings (SSSR count). The molecule has 78 valence electrons. The molecule has 1 aliphatic carbocycles. The molecule has 1 saturated heterocycles. The molecule has 2 N–H and O–H groups in total. The molecule has 1 aromatic rings. The van der Waals surface area contributed by atoms with Gasteiger partial charge < -0.3 is 10.6 Å². The summed E-state index contributed by atoms with van der Waals surface area (Å²) in [6, 6.07) is 4.02. The predicted molar refractivity (Wildman–Crippen MR) is 57.3 cm³/mol. The van der Waals surface area contributed by atoms with Gasteiger partial charge in [0.2, 0.25) is 5.91 Å². The summed E-state index contributed by atoms with van der Waals surface area (Å²) in [5, 5.41) is 0. The van der Waals surface area contributed by atoms with Crippen molar-refractivity contribution in [2.24, 2.45) is 5.92 Å². The van der Waals surface area contributed by atoms with Crippen LogP contribution in [0.2, 0.25) is 0 Å². The molecule has 1 amide bonds. The molecule has 1 aromatic heterocycles. The van der Waals surface area contributed by atoms with E-state index in [2.05, 4.69) is 4.98 Å². The maximum Gasteiger partial charge on any atom is 0.230 e. The fraction of sp³-hybridized carbons (Fsp3) is 0.455. The summed E-state index contributed by atoms with van der Waals surface area (Å²) in [5.41, 5.74) is 6.41. The maximum absolute atomic E-state index is 11.9. The summed E-state index contributed by atoms with van der Waals surface area (Å²) in [6.45, 7) is 0. The molecular weight excluding hydrogens is 190 g/mol. The number of nitrogens with zero attached hydrogens (tertiary/aromatic N) is 2. The number of amides is 1. The van der Waals surface area contributed by atoms with Crippen molar-refractivity contribution in [1.82, 2.24) is 4.98 Å². The van der Waals surface area contributed by atoms with Crippen molar-refractivity contribution >= 4 is 17.4 Å². The topological polar surface area (TPSA) is 59.2 Å². The van der Waals surface area contributed by atoms with E-state index in [0.717, 1.165) is 24.9 Å². The van der Waals surface area contributed by atoms with E-state index in [1.165, 1.54) is 0 Å². The van der Waals surface area contributed by atoms with Crippen LogP contribution in [0.4, 0.5) is 11.5 Å². The van der Waals surface area contributed by atoms with Crippen LogP contribution in [0, 0.1) is 5.92 Å². The molecule has 4 nitrogen and oxygen atoms in total. The van der Waals surface area contributed by atoms with Crippen molar-refractivity contribution < 1.29 is 4.79 Å². The minimum Gasteiger partial charge on any atom is -0.384 e. The number of carbonyl (C=O) groups excluding carboxylic acids is 1. The third-order valence-electron chi connectivity index (χ3n) is 3.41. The van der Waals surface area contributed by atoms with Crippen molar-refractivity contribution in [3.63, 3.8) is 0 Å². The average Bonchev–Trinajstić information content (AvgIpc) is 2.80. The van der Waals surface area contributed by atoms with Crippen LogP contribution in [-0.4, -0.2) is 16.9 Å². The van der Waals surface area contributed by atoms with Gasteiger partial charge in [0.15, 0.2) is 0 Å². The Hall–Kier alpha value is -1.58. The number of hydrogen-bond donors (Lipinski definition) is 1. The monoisotopic (exact) mass is 203 g/mol. The molecule has 2 atom stereocenters. The number of anilines is 2. The van der Waals surface area contributed by atoms with Crippen LogP contribution in [0.15, 0.2) is 18.3 Å². The molecule has 0 aromatic carbocycles. The SMILES string of the molecule is Nc1ccc(N2C(=O)[C@H]3CC[C@@H]2C3)cn1. The molecule has 4 heteroatoms. The van der Waals surface area contributed by atoms with E-state index in [-0.39, 0.29) is 11.8 Å². The van der Waals surface area contributed by atoms with Crippen LogP contribution in [-0.2, 0) is 4.79 Å². The lowest BCUT2D eigenvalue weighted by molar-refractivity contribution is -0.121. The second kappa shape index (κ2) is 2.95. The smallest absolute Gasteiger partial charge is 0.230 e. The molecule has 0 spiro atoms. The Kier molecular flexibility index (Phi) is 1.71. The predicted octanol–water partition coefficient (Wildman–Crippen LogP) is 1.18. The summed E-state index contributed by atoms with van der Waals surface area (Å²) in [6.07, 6.45) is 4.89. The van der Waals surface area contributed by atoms with E-state index in [0.29, 0.717) is 11.9 Å². The van der Waals surface area contributed by atoms with E-state index in [1.54, 1.807) is 12.3 Å². The quantitative estimate of drug-likeness (QED) is 0.745. The molecule has 0 unspecified atom stereocenters. The van der Waals surface area contributed by atoms with Crippen molar-refractivity contribution in [2.75, 3.05) is 10.6 Å². The van der Waals surface area contributed by atoms with E-state index in [4.69, 9.17) is 5.73 Å². The Bertz CT molecular complexity index is 401. The Balaban J connectivity index is 1.94. The van der Waals surface area contributed by atoms with Crippen LogP contribution >= 0.6 is 0 Å². The van der Waals surface area contributed by atoms with Crippen LogP contribution in [0.1, 0.15) is 19.3 Å². The molecule has 1 aliphatic heterocycles. The van der Waals surface area contributed by atoms with E-state index in [1.807, 2.05) is 11.0 Å². The van der Waals surface area contributed by atoms with Crippen LogP contribution in [0.3, 0.4) is 0 Å². The molecule has 2 bridgehead atoms. The van der Waals surface area contributed by atoms with E-state index >= 15 is 0 Å². The number of nitrogens with two attached hydrogens (primary N) is 1. The molecule has 2 fully saturated rings. The van der Waals surface area contributed by atoms with Crippen molar-refractivity contribution in [2.45, 2.75) is 25.3 Å². The zero-order valence-corrected chi connectivity index (χ0v) is 8.39. The summed E-state index contributed by atoms with van der Waals surface area (Å²) >= 11 is 0. The number of pyridine rings is 1. The van der Waals surface area contributed by atoms with Gasteiger partial charge in [-0.25, -0.2) is 4.98 Å². The number of aromatic nitrogens is 1. The largest absolute Gasteiger partial charge is 0.384 e. The molecule has 2 heterocycles. The zero-order valence-electron chi connectivity index (χ0n) is 8.39. The molecule has 0 radical (unpaired) electrons. The number of carbonyl (C=O) groups is 1. The summed E-state index contributed by atoms with van der Waals surface area (Å²) in [5.74, 6) is 1.01. The van der Waals surface area contributed by atoms with E-state index in [9.17, 15) is 4.79 Å². The summed E-state index contributed by atoms with van der Waals surface area (Å²) in [4.78, 5) is 17.8. The first kappa shape index (κ1) is 8.71. The standard InChI is InChI=1S/C11H13N3O/c12-10-4-3-9(6-13-10)14-8-2-1-7(5-8)11(14)15/h3-4,6-8H,1-2,5H2,(H2,12,13)/t7-,8+/m0/s1. The Labute approximate surface area is 88.1 Å². The van der Waals surface area contributed by atoms with Gasteiger partial charge in [0.1, 0.15) is 5.82 Å². The highest BCUT2D eigenvalue weighted by atomic mass is 16.2. The molecule has 2 aliphatic rings. The van der Waals surface area contributed by atoms with Gasteiger partial charge in [-0.15, -0.1) is 0 Å². The van der Waals surface area contributed by atoms with Gasteiger partial charge in [-0.1, -0.05) is 0 Å². The Morgan fingerprint density at radius 2 is 2.27 bits per heavy atom. The summed E-state index contributed by atoms with van der Waals surface area (Å²) < 4.78 is 0. The molecule has 1 saturated carbocycles. The van der Waals surface area contributed by atoms with Crippen LogP contribution in [0.5, 0.6) is 0 Å². The minimum absolute atomic E-state index is 0.257. The van der Waals surface area contributed by atoms with Gasteiger partial charge in [-0.2, -0.15) is 0 Å². The number of rotatable bonds is 1. The first-order chi connectivity index (χ1) is 7.25. The lowest BCUT2D eigenvalue weighted by Gasteiger charge is -2.26. The minimum atomic E-state index is 0.257. The number of piperidine rings is 1. The zero-order chi connectivity index (χ0) is 10.4. The van der Waals surface area contributed by atoms with Gasteiger partial charge in [0, 0.05) is 12.0 Å². The second-order valence-electron chi connectivity index (χ2n) is 4.31. The van der Waals surface area contributed by atoms with Crippen LogP contribution in [0.25, 0.3) is 0 Å². The van der Waals surface area contributed by atoms with Crippen molar-refractivity contribution in [3.05, 3.63) is 18.3 Å². The molecular formula is C11H13N3O. The normalized spacial score (nSPS) is 28.8. The number of fused-ring (bicyclic) bond motifs is 2. The van der Waals surface area contributed by atoms with Gasteiger partial charge in [0.05, 0.1) is 11.9 Å². The number of nitrogen functional groups attached to an aromatic ring is 1. The Morgan fingerprint density at radius 1 is 1.40 bits per heavy atom. The van der Waals surface area contributed by atoms with Gasteiger partial charge in [-0.3, -0.25) is 4.79 Å². The van der Waals surface area contributed by atoms with Crippen molar-refractivity contribution in [3.8, 4) is 0 Å². The highest BCUT2D eigenvalue weighted by Crippen LogP contribution is 2.40. The number of hydrogen-bond acceptors (Lipinski definition) is 3. The lowest BCUT2D eigenvalue weighted by Crippen LogP contribution is -2.36. The van der Waals surface area contributed by atoms with Gasteiger partial charge in [0.25, 0.3) is 0 Å². The van der Waals surface area contributed by atoms with E-state index < -0.39 is 0 Å². The van der Waals surface area contributed by atoms with Crippen LogP contribution < -0.4 is 10.6 Å². The highest BCUT2D eigenvalue weighted by molar-refractivity contribution is 5.98. The lowest BCUT2D eigenvalue weighted by atomic mass is 10.1. The first-order valence-electron chi connectivity index (χ1n) is 5.30. The fourth-order valence-corrected chi connectivity index (χ4v) is 2.67. The first-order valence-corrected chi connectivity index (χ1v) is 5.30. The second-order valence-corrected chi connectivity index (χ2v) is 4.31.